The molecule has 1 saturated heterocycles. The molecule has 0 spiro atoms. The molecule has 1 aliphatic heterocycles. The summed E-state index contributed by atoms with van der Waals surface area (Å²) >= 11 is 1.67. The summed E-state index contributed by atoms with van der Waals surface area (Å²) in [5.74, 6) is 1.07. The number of aromatic nitrogens is 3. The van der Waals surface area contributed by atoms with Crippen LogP contribution in [0.2, 0.25) is 0 Å². The average molecular weight is 434 g/mol. The average Bonchev–Trinajstić information content (AvgIpc) is 2.81. The number of hydrogen-bond donors (Lipinski definition) is 1. The number of piperidine rings is 1. The van der Waals surface area contributed by atoms with Crippen molar-refractivity contribution in [3.63, 3.8) is 0 Å². The fourth-order valence-electron chi connectivity index (χ4n) is 3.68. The lowest BCUT2D eigenvalue weighted by Gasteiger charge is -2.32. The number of hydrogen-bond acceptors (Lipinski definition) is 6. The quantitative estimate of drug-likeness (QED) is 0.588. The summed E-state index contributed by atoms with van der Waals surface area (Å²) in [7, 11) is 0. The topological polar surface area (TPSA) is 71.0 Å². The lowest BCUT2D eigenvalue weighted by Crippen LogP contribution is -2.40. The lowest BCUT2D eigenvalue weighted by molar-refractivity contribution is -0.125. The molecular formula is C24H27N5OS. The van der Waals surface area contributed by atoms with Gasteiger partial charge in [0.1, 0.15) is 17.2 Å². The van der Waals surface area contributed by atoms with Crippen LogP contribution >= 0.6 is 11.8 Å². The van der Waals surface area contributed by atoms with Crippen molar-refractivity contribution >= 4 is 23.5 Å². The minimum atomic E-state index is 0.0330. The fraction of sp³-hybridized carbons (Fsp3) is 0.333. The third-order valence-electron chi connectivity index (χ3n) is 5.55. The molecule has 0 atom stereocenters. The molecule has 0 aliphatic carbocycles. The predicted molar refractivity (Wildman–Crippen MR) is 123 cm³/mol. The second-order valence-electron chi connectivity index (χ2n) is 7.89. The summed E-state index contributed by atoms with van der Waals surface area (Å²) in [4.78, 5) is 29.2. The van der Waals surface area contributed by atoms with Gasteiger partial charge in [0.05, 0.1) is 12.2 Å². The first kappa shape index (κ1) is 21.3. The Morgan fingerprint density at radius 3 is 2.71 bits per heavy atom. The molecule has 7 heteroatoms. The first-order chi connectivity index (χ1) is 15.1. The molecular weight excluding hydrogens is 406 g/mol. The van der Waals surface area contributed by atoms with Gasteiger partial charge in [0, 0.05) is 36.2 Å². The molecule has 1 aromatic carbocycles. The zero-order valence-corrected chi connectivity index (χ0v) is 18.7. The Kier molecular flexibility index (Phi) is 6.82. The Balaban J connectivity index is 1.33. The molecule has 160 valence electrons. The molecule has 3 heterocycles. The van der Waals surface area contributed by atoms with Crippen LogP contribution in [0, 0.1) is 19.8 Å². The van der Waals surface area contributed by atoms with Gasteiger partial charge in [-0.3, -0.25) is 9.78 Å². The highest BCUT2D eigenvalue weighted by molar-refractivity contribution is 7.99. The van der Waals surface area contributed by atoms with Crippen molar-refractivity contribution in [2.24, 2.45) is 5.92 Å². The first-order valence-corrected chi connectivity index (χ1v) is 11.4. The van der Waals surface area contributed by atoms with Gasteiger partial charge < -0.3 is 10.2 Å². The predicted octanol–water partition coefficient (Wildman–Crippen LogP) is 4.17. The van der Waals surface area contributed by atoms with Gasteiger partial charge in [0.2, 0.25) is 5.91 Å². The van der Waals surface area contributed by atoms with Crippen molar-refractivity contribution in [3.8, 4) is 0 Å². The molecule has 31 heavy (non-hydrogen) atoms. The standard InChI is InChI=1S/C24H27N5OS/c1-17-6-7-18(2)21(13-17)31-23-14-22(27-16-28-23)29-11-8-19(9-12-29)24(30)26-15-20-5-3-4-10-25-20/h3-7,10,13-14,16,19H,8-9,11-12,15H2,1-2H3,(H,26,30). The maximum atomic E-state index is 12.5. The molecule has 1 aliphatic rings. The monoisotopic (exact) mass is 433 g/mol. The molecule has 0 radical (unpaired) electrons. The highest BCUT2D eigenvalue weighted by Gasteiger charge is 2.25. The number of anilines is 1. The number of carbonyl (C=O) groups is 1. The Hall–Kier alpha value is -2.93. The number of nitrogens with zero attached hydrogens (tertiary/aromatic N) is 4. The van der Waals surface area contributed by atoms with Crippen LogP contribution in [0.3, 0.4) is 0 Å². The van der Waals surface area contributed by atoms with Crippen LogP contribution < -0.4 is 10.2 Å². The third-order valence-corrected chi connectivity index (χ3v) is 6.64. The summed E-state index contributed by atoms with van der Waals surface area (Å²) in [6.07, 6.45) is 5.01. The minimum absolute atomic E-state index is 0.0330. The second kappa shape index (κ2) is 9.92. The van der Waals surface area contributed by atoms with Gasteiger partial charge in [-0.05, 0) is 56.0 Å². The van der Waals surface area contributed by atoms with E-state index in [2.05, 4.69) is 57.2 Å². The molecule has 4 rings (SSSR count). The number of amides is 1. The molecule has 2 aromatic heterocycles. The van der Waals surface area contributed by atoms with E-state index in [-0.39, 0.29) is 11.8 Å². The van der Waals surface area contributed by atoms with Gasteiger partial charge in [-0.2, -0.15) is 0 Å². The van der Waals surface area contributed by atoms with E-state index in [0.29, 0.717) is 6.54 Å². The van der Waals surface area contributed by atoms with E-state index >= 15 is 0 Å². The van der Waals surface area contributed by atoms with Crippen molar-refractivity contribution < 1.29 is 4.79 Å². The van der Waals surface area contributed by atoms with Gasteiger partial charge in [-0.25, -0.2) is 9.97 Å². The van der Waals surface area contributed by atoms with Crippen molar-refractivity contribution in [3.05, 3.63) is 71.8 Å². The van der Waals surface area contributed by atoms with E-state index in [0.717, 1.165) is 42.5 Å². The van der Waals surface area contributed by atoms with Crippen molar-refractivity contribution in [1.82, 2.24) is 20.3 Å². The Morgan fingerprint density at radius 1 is 1.10 bits per heavy atom. The number of nitrogens with one attached hydrogen (secondary N) is 1. The Morgan fingerprint density at radius 2 is 1.94 bits per heavy atom. The zero-order valence-electron chi connectivity index (χ0n) is 17.9. The molecule has 1 amide bonds. The molecule has 0 unspecified atom stereocenters. The normalized spacial score (nSPS) is 14.5. The van der Waals surface area contributed by atoms with Crippen molar-refractivity contribution in [2.45, 2.75) is 43.2 Å². The Labute approximate surface area is 187 Å². The van der Waals surface area contributed by atoms with Crippen molar-refractivity contribution in [2.75, 3.05) is 18.0 Å². The summed E-state index contributed by atoms with van der Waals surface area (Å²) < 4.78 is 0. The second-order valence-corrected chi connectivity index (χ2v) is 8.95. The minimum Gasteiger partial charge on any atom is -0.356 e. The Bertz CT molecular complexity index is 1040. The highest BCUT2D eigenvalue weighted by Crippen LogP contribution is 2.31. The highest BCUT2D eigenvalue weighted by atomic mass is 32.2. The van der Waals surface area contributed by atoms with Gasteiger partial charge in [0.25, 0.3) is 0 Å². The summed E-state index contributed by atoms with van der Waals surface area (Å²) in [6.45, 7) is 6.32. The molecule has 1 N–H and O–H groups in total. The van der Waals surface area contributed by atoms with E-state index in [1.807, 2.05) is 24.3 Å². The lowest BCUT2D eigenvalue weighted by atomic mass is 9.96. The number of benzene rings is 1. The maximum absolute atomic E-state index is 12.5. The first-order valence-electron chi connectivity index (χ1n) is 10.6. The van der Waals surface area contributed by atoms with E-state index in [1.54, 1.807) is 24.3 Å². The van der Waals surface area contributed by atoms with Gasteiger partial charge in [-0.1, -0.05) is 30.0 Å². The number of aryl methyl sites for hydroxylation is 2. The molecule has 0 saturated carbocycles. The SMILES string of the molecule is Cc1ccc(C)c(Sc2cc(N3CCC(C(=O)NCc4ccccn4)CC3)ncn2)c1. The van der Waals surface area contributed by atoms with E-state index < -0.39 is 0 Å². The maximum Gasteiger partial charge on any atom is 0.223 e. The van der Waals surface area contributed by atoms with E-state index in [4.69, 9.17) is 0 Å². The summed E-state index contributed by atoms with van der Waals surface area (Å²) in [5.41, 5.74) is 3.36. The number of carbonyl (C=O) groups excluding carboxylic acids is 1. The van der Waals surface area contributed by atoms with Crippen LogP contribution in [0.5, 0.6) is 0 Å². The fourth-order valence-corrected chi connectivity index (χ4v) is 4.65. The van der Waals surface area contributed by atoms with Gasteiger partial charge >= 0.3 is 0 Å². The smallest absolute Gasteiger partial charge is 0.223 e. The molecule has 1 fully saturated rings. The van der Waals surface area contributed by atoms with Gasteiger partial charge in [-0.15, -0.1) is 0 Å². The largest absolute Gasteiger partial charge is 0.356 e. The van der Waals surface area contributed by atoms with Crippen LogP contribution in [-0.4, -0.2) is 33.9 Å². The van der Waals surface area contributed by atoms with Crippen LogP contribution in [0.15, 0.2) is 64.9 Å². The molecule has 3 aromatic rings. The van der Waals surface area contributed by atoms with Crippen LogP contribution in [0.25, 0.3) is 0 Å². The van der Waals surface area contributed by atoms with E-state index in [1.165, 1.54) is 16.0 Å². The number of pyridine rings is 1. The summed E-state index contributed by atoms with van der Waals surface area (Å²) in [6, 6.07) is 14.2. The van der Waals surface area contributed by atoms with Crippen LogP contribution in [-0.2, 0) is 11.3 Å². The van der Waals surface area contributed by atoms with Crippen LogP contribution in [0.1, 0.15) is 29.7 Å². The zero-order chi connectivity index (χ0) is 21.6. The molecule has 0 bridgehead atoms. The van der Waals surface area contributed by atoms with E-state index in [9.17, 15) is 4.79 Å². The number of rotatable bonds is 6. The third kappa shape index (κ3) is 5.61. The van der Waals surface area contributed by atoms with Crippen LogP contribution in [0.4, 0.5) is 5.82 Å². The summed E-state index contributed by atoms with van der Waals surface area (Å²) in [5, 5.41) is 3.96. The van der Waals surface area contributed by atoms with Crippen molar-refractivity contribution in [1.29, 1.82) is 0 Å². The molecule has 6 nitrogen and oxygen atoms in total. The van der Waals surface area contributed by atoms with Gasteiger partial charge in [0.15, 0.2) is 0 Å².